The topological polar surface area (TPSA) is 87.3 Å². The Labute approximate surface area is 178 Å². The molecule has 0 saturated carbocycles. The number of aryl methyl sites for hydroxylation is 1. The first kappa shape index (κ1) is 19.6. The summed E-state index contributed by atoms with van der Waals surface area (Å²) in [5.41, 5.74) is 0.583. The molecule has 0 amide bonds. The average Bonchev–Trinajstić information content (AvgIpc) is 3.46. The molecule has 0 spiro atoms. The summed E-state index contributed by atoms with van der Waals surface area (Å²) in [6, 6.07) is 10.8. The molecular formula is C19H14ClN3O4S2. The molecular weight excluding hydrogens is 434 g/mol. The second-order valence-electron chi connectivity index (χ2n) is 5.83. The Morgan fingerprint density at radius 1 is 1.17 bits per heavy atom. The number of nitrogens with zero attached hydrogens (tertiary/aromatic N) is 3. The van der Waals surface area contributed by atoms with Gasteiger partial charge in [0.2, 0.25) is 5.82 Å². The lowest BCUT2D eigenvalue weighted by Gasteiger charge is -2.03. The SMILES string of the molecule is Cc1nc(COc2ccc(Cl)cc2)sc1C(=O)OCc1nc(-c2cccs2)no1. The van der Waals surface area contributed by atoms with Gasteiger partial charge in [0.1, 0.15) is 22.2 Å². The van der Waals surface area contributed by atoms with E-state index >= 15 is 0 Å². The Morgan fingerprint density at radius 2 is 2.00 bits per heavy atom. The Kier molecular flexibility index (Phi) is 5.89. The maximum Gasteiger partial charge on any atom is 0.350 e. The molecule has 29 heavy (non-hydrogen) atoms. The third-order valence-electron chi connectivity index (χ3n) is 3.74. The molecule has 0 aliphatic heterocycles. The van der Waals surface area contributed by atoms with E-state index in [0.29, 0.717) is 32.2 Å². The van der Waals surface area contributed by atoms with Crippen molar-refractivity contribution in [1.29, 1.82) is 0 Å². The van der Waals surface area contributed by atoms with Crippen LogP contribution in [0, 0.1) is 6.92 Å². The minimum absolute atomic E-state index is 0.106. The maximum atomic E-state index is 12.4. The number of thiazole rings is 1. The fourth-order valence-corrected chi connectivity index (χ4v) is 4.04. The lowest BCUT2D eigenvalue weighted by atomic mass is 10.3. The summed E-state index contributed by atoms with van der Waals surface area (Å²) in [5, 5.41) is 7.11. The Morgan fingerprint density at radius 3 is 2.76 bits per heavy atom. The van der Waals surface area contributed by atoms with Crippen LogP contribution in [0.4, 0.5) is 0 Å². The van der Waals surface area contributed by atoms with Crippen LogP contribution in [0.1, 0.15) is 26.3 Å². The van der Waals surface area contributed by atoms with Crippen LogP contribution in [0.5, 0.6) is 5.75 Å². The lowest BCUT2D eigenvalue weighted by Crippen LogP contribution is -2.05. The molecule has 0 saturated heterocycles. The second-order valence-corrected chi connectivity index (χ2v) is 8.30. The molecule has 4 rings (SSSR count). The van der Waals surface area contributed by atoms with Crippen LogP contribution in [-0.2, 0) is 18.0 Å². The number of aromatic nitrogens is 3. The predicted octanol–water partition coefficient (Wildman–Crippen LogP) is 5.15. The molecule has 0 atom stereocenters. The van der Waals surface area contributed by atoms with Crippen molar-refractivity contribution >= 4 is 40.2 Å². The first-order valence-electron chi connectivity index (χ1n) is 8.47. The van der Waals surface area contributed by atoms with E-state index in [1.54, 1.807) is 31.2 Å². The fourth-order valence-electron chi connectivity index (χ4n) is 2.39. The van der Waals surface area contributed by atoms with Gasteiger partial charge in [-0.1, -0.05) is 22.8 Å². The molecule has 0 radical (unpaired) electrons. The van der Waals surface area contributed by atoms with Crippen molar-refractivity contribution in [1.82, 2.24) is 15.1 Å². The van der Waals surface area contributed by atoms with Gasteiger partial charge in [0, 0.05) is 5.02 Å². The summed E-state index contributed by atoms with van der Waals surface area (Å²) in [7, 11) is 0. The second kappa shape index (κ2) is 8.73. The third kappa shape index (κ3) is 4.81. The van der Waals surface area contributed by atoms with Gasteiger partial charge in [0.05, 0.1) is 10.6 Å². The predicted molar refractivity (Wildman–Crippen MR) is 109 cm³/mol. The van der Waals surface area contributed by atoms with Gasteiger partial charge >= 0.3 is 5.97 Å². The molecule has 3 heterocycles. The number of rotatable bonds is 7. The number of esters is 1. The molecule has 0 fully saturated rings. The minimum atomic E-state index is -0.492. The summed E-state index contributed by atoms with van der Waals surface area (Å²) in [5.74, 6) is 0.884. The normalized spacial score (nSPS) is 10.8. The number of carbonyl (C=O) groups is 1. The van der Waals surface area contributed by atoms with Crippen molar-refractivity contribution in [2.75, 3.05) is 0 Å². The van der Waals surface area contributed by atoms with Crippen LogP contribution in [0.2, 0.25) is 5.02 Å². The van der Waals surface area contributed by atoms with Crippen molar-refractivity contribution in [3.63, 3.8) is 0 Å². The molecule has 10 heteroatoms. The largest absolute Gasteiger partial charge is 0.486 e. The Hall–Kier alpha value is -2.75. The van der Waals surface area contributed by atoms with Crippen LogP contribution in [-0.4, -0.2) is 21.1 Å². The summed E-state index contributed by atoms with van der Waals surface area (Å²) >= 11 is 8.59. The van der Waals surface area contributed by atoms with Gasteiger partial charge in [-0.15, -0.1) is 22.7 Å². The number of benzene rings is 1. The van der Waals surface area contributed by atoms with Gasteiger partial charge in [-0.05, 0) is 42.6 Å². The monoisotopic (exact) mass is 447 g/mol. The highest BCUT2D eigenvalue weighted by molar-refractivity contribution is 7.13. The van der Waals surface area contributed by atoms with E-state index < -0.39 is 5.97 Å². The van der Waals surface area contributed by atoms with Gasteiger partial charge in [-0.25, -0.2) is 9.78 Å². The molecule has 3 aromatic heterocycles. The highest BCUT2D eigenvalue weighted by Gasteiger charge is 2.19. The molecule has 0 bridgehead atoms. The van der Waals surface area contributed by atoms with Crippen LogP contribution in [0.3, 0.4) is 0 Å². The van der Waals surface area contributed by atoms with Gasteiger partial charge in [0.25, 0.3) is 5.89 Å². The Balaban J connectivity index is 1.34. The van der Waals surface area contributed by atoms with Gasteiger partial charge in [-0.2, -0.15) is 4.98 Å². The molecule has 0 aliphatic rings. The fraction of sp³-hybridized carbons (Fsp3) is 0.158. The highest BCUT2D eigenvalue weighted by Crippen LogP contribution is 2.24. The van der Waals surface area contributed by atoms with E-state index in [9.17, 15) is 4.79 Å². The highest BCUT2D eigenvalue weighted by atomic mass is 35.5. The summed E-state index contributed by atoms with van der Waals surface area (Å²) in [6.45, 7) is 1.89. The number of hydrogen-bond acceptors (Lipinski definition) is 9. The number of thiophene rings is 1. The van der Waals surface area contributed by atoms with Crippen molar-refractivity contribution in [2.24, 2.45) is 0 Å². The smallest absolute Gasteiger partial charge is 0.350 e. The van der Waals surface area contributed by atoms with Crippen molar-refractivity contribution in [2.45, 2.75) is 20.1 Å². The van der Waals surface area contributed by atoms with Crippen molar-refractivity contribution < 1.29 is 18.8 Å². The van der Waals surface area contributed by atoms with Gasteiger partial charge in [-0.3, -0.25) is 0 Å². The molecule has 7 nitrogen and oxygen atoms in total. The number of carbonyl (C=O) groups excluding carboxylic acids is 1. The molecule has 1 aromatic carbocycles. The summed E-state index contributed by atoms with van der Waals surface area (Å²) in [6.07, 6.45) is 0. The van der Waals surface area contributed by atoms with Crippen LogP contribution in [0.15, 0.2) is 46.3 Å². The molecule has 148 valence electrons. The van der Waals surface area contributed by atoms with E-state index in [1.807, 2.05) is 17.5 Å². The first-order chi connectivity index (χ1) is 14.1. The van der Waals surface area contributed by atoms with E-state index in [2.05, 4.69) is 15.1 Å². The lowest BCUT2D eigenvalue weighted by molar-refractivity contribution is 0.0434. The average molecular weight is 448 g/mol. The van der Waals surface area contributed by atoms with Crippen molar-refractivity contribution in [3.8, 4) is 16.5 Å². The van der Waals surface area contributed by atoms with E-state index in [1.165, 1.54) is 22.7 Å². The third-order valence-corrected chi connectivity index (χ3v) is 5.97. The van der Waals surface area contributed by atoms with Crippen LogP contribution < -0.4 is 4.74 Å². The number of ether oxygens (including phenoxy) is 2. The zero-order valence-corrected chi connectivity index (χ0v) is 17.5. The zero-order chi connectivity index (χ0) is 20.2. The standard InChI is InChI=1S/C19H14ClN3O4S2/c1-11-17(29-16(21-11)10-25-13-6-4-12(20)5-7-13)19(24)26-9-15-22-18(23-27-15)14-3-2-8-28-14/h2-8H,9-10H2,1H3. The molecule has 0 N–H and O–H groups in total. The summed E-state index contributed by atoms with van der Waals surface area (Å²) in [4.78, 5) is 22.3. The zero-order valence-electron chi connectivity index (χ0n) is 15.1. The van der Waals surface area contributed by atoms with Crippen LogP contribution in [0.25, 0.3) is 10.7 Å². The van der Waals surface area contributed by atoms with Gasteiger partial charge < -0.3 is 14.0 Å². The molecule has 0 aliphatic carbocycles. The van der Waals surface area contributed by atoms with Gasteiger partial charge in [0.15, 0.2) is 6.61 Å². The number of hydrogen-bond donors (Lipinski definition) is 0. The quantitative estimate of drug-likeness (QED) is 0.362. The van der Waals surface area contributed by atoms with E-state index in [-0.39, 0.29) is 19.1 Å². The molecule has 4 aromatic rings. The first-order valence-corrected chi connectivity index (χ1v) is 10.5. The maximum absolute atomic E-state index is 12.4. The molecule has 0 unspecified atom stereocenters. The Bertz CT molecular complexity index is 1110. The van der Waals surface area contributed by atoms with Crippen LogP contribution >= 0.6 is 34.3 Å². The van der Waals surface area contributed by atoms with Crippen molar-refractivity contribution in [3.05, 3.63) is 68.3 Å². The minimum Gasteiger partial charge on any atom is -0.486 e. The van der Waals surface area contributed by atoms with E-state index in [0.717, 1.165) is 4.88 Å². The summed E-state index contributed by atoms with van der Waals surface area (Å²) < 4.78 is 16.1. The number of halogens is 1. The van der Waals surface area contributed by atoms with E-state index in [4.69, 9.17) is 25.6 Å².